The maximum absolute atomic E-state index is 13.2. The fourth-order valence-corrected chi connectivity index (χ4v) is 1.14. The smallest absolute Gasteiger partial charge is 0.358 e. The number of aliphatic imine (C=N–C) groups is 1. The lowest BCUT2D eigenvalue weighted by molar-refractivity contribution is -0.162. The van der Waals surface area contributed by atoms with Crippen molar-refractivity contribution in [1.29, 1.82) is 0 Å². The second-order valence-corrected chi connectivity index (χ2v) is 3.10. The van der Waals surface area contributed by atoms with Gasteiger partial charge in [0.05, 0.1) is 0 Å². The molecular formula is C9H15F4N3O. The van der Waals surface area contributed by atoms with Gasteiger partial charge >= 0.3 is 12.2 Å². The van der Waals surface area contributed by atoms with Gasteiger partial charge in [0.15, 0.2) is 5.84 Å². The summed E-state index contributed by atoms with van der Waals surface area (Å²) in [5.74, 6) is -0.915. The van der Waals surface area contributed by atoms with Crippen molar-refractivity contribution in [3.05, 3.63) is 0 Å². The van der Waals surface area contributed by atoms with Gasteiger partial charge in [0.25, 0.3) is 6.17 Å². The van der Waals surface area contributed by atoms with Crippen LogP contribution in [-0.4, -0.2) is 49.3 Å². The number of alkyl halides is 4. The van der Waals surface area contributed by atoms with Crippen LogP contribution in [0.2, 0.25) is 0 Å². The molecule has 0 aromatic carbocycles. The summed E-state index contributed by atoms with van der Waals surface area (Å²) >= 11 is 0. The largest absolute Gasteiger partial charge is 0.427 e. The Labute approximate surface area is 96.7 Å². The highest BCUT2D eigenvalue weighted by atomic mass is 19.4. The van der Waals surface area contributed by atoms with E-state index in [1.807, 2.05) is 5.32 Å². The summed E-state index contributed by atoms with van der Waals surface area (Å²) in [6.07, 6.45) is -8.34. The van der Waals surface area contributed by atoms with Crippen LogP contribution in [0.1, 0.15) is 13.8 Å². The lowest BCUT2D eigenvalue weighted by atomic mass is 10.3. The lowest BCUT2D eigenvalue weighted by Gasteiger charge is -2.26. The molecule has 17 heavy (non-hydrogen) atoms. The third-order valence-electron chi connectivity index (χ3n) is 2.03. The van der Waals surface area contributed by atoms with E-state index >= 15 is 0 Å². The molecule has 0 aliphatic carbocycles. The number of nitrogens with one attached hydrogen (secondary N) is 1. The molecule has 1 N–H and O–H groups in total. The second-order valence-electron chi connectivity index (χ2n) is 3.10. The number of amidine groups is 1. The Kier molecular flexibility index (Phi) is 5.90. The summed E-state index contributed by atoms with van der Waals surface area (Å²) in [6, 6.07) is -1.01. The molecule has 0 aliphatic rings. The number of nitrogens with zero attached hydrogens (tertiary/aromatic N) is 2. The fraction of sp³-hybridized carbons (Fsp3) is 0.778. The Balaban J connectivity index is 5.24. The molecule has 1 atom stereocenters. The summed E-state index contributed by atoms with van der Waals surface area (Å²) in [5.41, 5.74) is 0. The number of amides is 2. The van der Waals surface area contributed by atoms with Gasteiger partial charge in [-0.3, -0.25) is 0 Å². The number of rotatable bonds is 3. The number of urea groups is 1. The molecule has 0 saturated heterocycles. The van der Waals surface area contributed by atoms with Crippen molar-refractivity contribution in [1.82, 2.24) is 10.2 Å². The standard InChI is InChI=1S/C9H15F4N3O/c1-4-16(5-2)7(15-8(17)14-3)6(10)9(11,12)13/h6H,4-5H2,1-3H3,(H,14,17). The summed E-state index contributed by atoms with van der Waals surface area (Å²) in [6.45, 7) is 3.35. The molecular weight excluding hydrogens is 242 g/mol. The van der Waals surface area contributed by atoms with E-state index in [0.717, 1.165) is 4.90 Å². The number of hydrogen-bond donors (Lipinski definition) is 1. The van der Waals surface area contributed by atoms with Crippen molar-refractivity contribution in [2.75, 3.05) is 20.1 Å². The first-order chi connectivity index (χ1) is 7.77. The molecule has 0 bridgehead atoms. The number of hydrogen-bond acceptors (Lipinski definition) is 1. The van der Waals surface area contributed by atoms with Gasteiger partial charge in [0.1, 0.15) is 0 Å². The Morgan fingerprint density at radius 2 is 1.82 bits per heavy atom. The molecule has 4 nitrogen and oxygen atoms in total. The van der Waals surface area contributed by atoms with Crippen LogP contribution in [0.4, 0.5) is 22.4 Å². The minimum absolute atomic E-state index is 0.128. The Morgan fingerprint density at radius 3 is 2.12 bits per heavy atom. The highest BCUT2D eigenvalue weighted by Gasteiger charge is 2.45. The maximum Gasteiger partial charge on any atom is 0.427 e. The minimum atomic E-state index is -5.07. The number of halogens is 4. The van der Waals surface area contributed by atoms with Crippen molar-refractivity contribution < 1.29 is 22.4 Å². The zero-order valence-electron chi connectivity index (χ0n) is 9.81. The van der Waals surface area contributed by atoms with Gasteiger partial charge in [-0.2, -0.15) is 18.2 Å². The summed E-state index contributed by atoms with van der Waals surface area (Å²) in [7, 11) is 1.20. The normalized spacial score (nSPS) is 14.4. The molecule has 0 fully saturated rings. The molecule has 0 saturated carbocycles. The molecule has 0 spiro atoms. The van der Waals surface area contributed by atoms with E-state index in [4.69, 9.17) is 0 Å². The first-order valence-corrected chi connectivity index (χ1v) is 5.03. The maximum atomic E-state index is 13.2. The molecule has 0 radical (unpaired) electrons. The highest BCUT2D eigenvalue weighted by Crippen LogP contribution is 2.25. The molecule has 0 aliphatic heterocycles. The van der Waals surface area contributed by atoms with Crippen LogP contribution in [0.25, 0.3) is 0 Å². The molecule has 0 aromatic rings. The third-order valence-corrected chi connectivity index (χ3v) is 2.03. The molecule has 0 aromatic heterocycles. The lowest BCUT2D eigenvalue weighted by Crippen LogP contribution is -2.45. The molecule has 1 unspecified atom stereocenters. The summed E-state index contributed by atoms with van der Waals surface area (Å²) in [4.78, 5) is 15.1. The molecule has 0 rings (SSSR count). The molecule has 8 heteroatoms. The van der Waals surface area contributed by atoms with Crippen molar-refractivity contribution >= 4 is 11.9 Å². The first-order valence-electron chi connectivity index (χ1n) is 5.03. The van der Waals surface area contributed by atoms with Gasteiger partial charge in [-0.1, -0.05) is 0 Å². The number of carbonyl (C=O) groups excluding carboxylic acids is 1. The van der Waals surface area contributed by atoms with Gasteiger partial charge in [-0.15, -0.1) is 0 Å². The molecule has 0 heterocycles. The van der Waals surface area contributed by atoms with Crippen LogP contribution in [-0.2, 0) is 0 Å². The Morgan fingerprint density at radius 1 is 1.35 bits per heavy atom. The van der Waals surface area contributed by atoms with Crippen molar-refractivity contribution in [2.45, 2.75) is 26.2 Å². The Bertz CT molecular complexity index is 286. The van der Waals surface area contributed by atoms with E-state index in [1.165, 1.54) is 7.05 Å². The fourth-order valence-electron chi connectivity index (χ4n) is 1.14. The van der Waals surface area contributed by atoms with Crippen molar-refractivity contribution in [2.24, 2.45) is 4.99 Å². The summed E-state index contributed by atoms with van der Waals surface area (Å²) < 4.78 is 50.0. The van der Waals surface area contributed by atoms with Crippen molar-refractivity contribution in [3.63, 3.8) is 0 Å². The molecule has 2 amide bonds. The second kappa shape index (κ2) is 6.41. The average Bonchev–Trinajstić information content (AvgIpc) is 2.26. The Hall–Kier alpha value is -1.34. The molecule has 100 valence electrons. The van der Waals surface area contributed by atoms with Crippen LogP contribution in [0.3, 0.4) is 0 Å². The van der Waals surface area contributed by atoms with Crippen molar-refractivity contribution in [3.8, 4) is 0 Å². The average molecular weight is 257 g/mol. The predicted molar refractivity (Wildman–Crippen MR) is 55.8 cm³/mol. The highest BCUT2D eigenvalue weighted by molar-refractivity contribution is 5.96. The zero-order valence-corrected chi connectivity index (χ0v) is 9.81. The van der Waals surface area contributed by atoms with Crippen LogP contribution in [0, 0.1) is 0 Å². The van der Waals surface area contributed by atoms with Gasteiger partial charge in [0.2, 0.25) is 0 Å². The van der Waals surface area contributed by atoms with E-state index in [2.05, 4.69) is 4.99 Å². The van der Waals surface area contributed by atoms with E-state index < -0.39 is 24.2 Å². The van der Waals surface area contributed by atoms with Gasteiger partial charge in [-0.05, 0) is 13.8 Å². The van der Waals surface area contributed by atoms with E-state index in [9.17, 15) is 22.4 Å². The van der Waals surface area contributed by atoms with Crippen LogP contribution in [0.15, 0.2) is 4.99 Å². The van der Waals surface area contributed by atoms with Gasteiger partial charge in [0, 0.05) is 20.1 Å². The topological polar surface area (TPSA) is 44.7 Å². The third kappa shape index (κ3) is 4.58. The summed E-state index contributed by atoms with van der Waals surface area (Å²) in [5, 5.41) is 2.02. The van der Waals surface area contributed by atoms with Gasteiger partial charge < -0.3 is 10.2 Å². The van der Waals surface area contributed by atoms with Gasteiger partial charge in [-0.25, -0.2) is 9.18 Å². The zero-order chi connectivity index (χ0) is 13.6. The van der Waals surface area contributed by atoms with E-state index in [1.54, 1.807) is 13.8 Å². The SMILES string of the molecule is CCN(CC)C(=NC(=O)NC)C(F)C(F)(F)F. The predicted octanol–water partition coefficient (Wildman–Crippen LogP) is 1.97. The first kappa shape index (κ1) is 15.7. The number of carbonyl (C=O) groups is 1. The van der Waals surface area contributed by atoms with Crippen LogP contribution in [0.5, 0.6) is 0 Å². The quantitative estimate of drug-likeness (QED) is 0.477. The van der Waals surface area contributed by atoms with Crippen LogP contribution < -0.4 is 5.32 Å². The van der Waals surface area contributed by atoms with Crippen LogP contribution >= 0.6 is 0 Å². The monoisotopic (exact) mass is 257 g/mol. The van der Waals surface area contributed by atoms with E-state index in [0.29, 0.717) is 0 Å². The van der Waals surface area contributed by atoms with E-state index in [-0.39, 0.29) is 13.1 Å². The minimum Gasteiger partial charge on any atom is -0.358 e.